The normalized spacial score (nSPS) is 10.3. The predicted molar refractivity (Wildman–Crippen MR) is 75.8 cm³/mol. The highest BCUT2D eigenvalue weighted by atomic mass is 16.1. The van der Waals surface area contributed by atoms with Crippen LogP contribution in [0.15, 0.2) is 48.9 Å². The summed E-state index contributed by atoms with van der Waals surface area (Å²) in [4.78, 5) is 16.0. The molecule has 21 heavy (non-hydrogen) atoms. The standard InChI is InChI=1S/C13H11N7O/c14-9-1-6-12(15-7-9)13(21)17-10-2-4-11(5-3-10)20-8-16-18-19-20/h1-8H,14H2,(H,17,21). The number of rotatable bonds is 3. The van der Waals surface area contributed by atoms with Crippen molar-refractivity contribution in [1.29, 1.82) is 0 Å². The van der Waals surface area contributed by atoms with Crippen LogP contribution in [0.25, 0.3) is 5.69 Å². The summed E-state index contributed by atoms with van der Waals surface area (Å²) in [5.74, 6) is -0.301. The molecule has 0 spiro atoms. The number of anilines is 2. The number of nitrogens with zero attached hydrogens (tertiary/aromatic N) is 5. The molecule has 0 atom stereocenters. The van der Waals surface area contributed by atoms with Crippen molar-refractivity contribution >= 4 is 17.3 Å². The Balaban J connectivity index is 1.73. The SMILES string of the molecule is Nc1ccc(C(=O)Nc2ccc(-n3cnnn3)cc2)nc1. The van der Waals surface area contributed by atoms with Gasteiger partial charge in [-0.15, -0.1) is 5.10 Å². The van der Waals surface area contributed by atoms with E-state index in [1.54, 1.807) is 36.4 Å². The molecule has 0 aliphatic rings. The highest BCUT2D eigenvalue weighted by molar-refractivity contribution is 6.02. The van der Waals surface area contributed by atoms with Gasteiger partial charge in [-0.1, -0.05) is 0 Å². The molecular weight excluding hydrogens is 270 g/mol. The Kier molecular flexibility index (Phi) is 3.26. The Morgan fingerprint density at radius 3 is 2.57 bits per heavy atom. The largest absolute Gasteiger partial charge is 0.397 e. The van der Waals surface area contributed by atoms with E-state index in [4.69, 9.17) is 5.73 Å². The first kappa shape index (κ1) is 12.7. The number of benzene rings is 1. The van der Waals surface area contributed by atoms with Crippen molar-refractivity contribution in [3.8, 4) is 5.69 Å². The average molecular weight is 281 g/mol. The summed E-state index contributed by atoms with van der Waals surface area (Å²) >= 11 is 0. The van der Waals surface area contributed by atoms with E-state index in [9.17, 15) is 4.79 Å². The van der Waals surface area contributed by atoms with E-state index < -0.39 is 0 Å². The zero-order valence-corrected chi connectivity index (χ0v) is 10.8. The molecule has 104 valence electrons. The van der Waals surface area contributed by atoms with Gasteiger partial charge in [0.1, 0.15) is 12.0 Å². The number of hydrogen-bond acceptors (Lipinski definition) is 6. The van der Waals surface area contributed by atoms with E-state index >= 15 is 0 Å². The molecule has 0 saturated heterocycles. The minimum atomic E-state index is -0.301. The zero-order chi connectivity index (χ0) is 14.7. The van der Waals surface area contributed by atoms with Crippen molar-refractivity contribution in [2.45, 2.75) is 0 Å². The van der Waals surface area contributed by atoms with Gasteiger partial charge < -0.3 is 11.1 Å². The lowest BCUT2D eigenvalue weighted by Gasteiger charge is -2.06. The van der Waals surface area contributed by atoms with Gasteiger partial charge >= 0.3 is 0 Å². The van der Waals surface area contributed by atoms with E-state index in [-0.39, 0.29) is 5.91 Å². The Morgan fingerprint density at radius 2 is 1.95 bits per heavy atom. The summed E-state index contributed by atoms with van der Waals surface area (Å²) in [5.41, 5.74) is 7.78. The molecule has 3 N–H and O–H groups in total. The van der Waals surface area contributed by atoms with E-state index in [1.807, 2.05) is 0 Å². The van der Waals surface area contributed by atoms with Gasteiger partial charge in [-0.25, -0.2) is 9.67 Å². The summed E-state index contributed by atoms with van der Waals surface area (Å²) in [6.07, 6.45) is 2.93. The molecule has 2 heterocycles. The topological polar surface area (TPSA) is 112 Å². The molecule has 0 aliphatic carbocycles. The zero-order valence-electron chi connectivity index (χ0n) is 10.8. The lowest BCUT2D eigenvalue weighted by atomic mass is 10.2. The average Bonchev–Trinajstić information content (AvgIpc) is 3.03. The fraction of sp³-hybridized carbons (Fsp3) is 0. The van der Waals surface area contributed by atoms with E-state index in [0.29, 0.717) is 17.1 Å². The van der Waals surface area contributed by atoms with Crippen LogP contribution in [0.4, 0.5) is 11.4 Å². The first-order chi connectivity index (χ1) is 10.2. The summed E-state index contributed by atoms with van der Waals surface area (Å²) in [6.45, 7) is 0. The molecule has 1 aromatic carbocycles. The molecule has 8 heteroatoms. The van der Waals surface area contributed by atoms with Crippen molar-refractivity contribution < 1.29 is 4.79 Å². The molecule has 2 aromatic heterocycles. The van der Waals surface area contributed by atoms with Crippen molar-refractivity contribution in [3.63, 3.8) is 0 Å². The lowest BCUT2D eigenvalue weighted by Crippen LogP contribution is -2.13. The molecule has 0 unspecified atom stereocenters. The fourth-order valence-corrected chi connectivity index (χ4v) is 1.71. The van der Waals surface area contributed by atoms with E-state index in [1.165, 1.54) is 17.2 Å². The minimum absolute atomic E-state index is 0.300. The molecule has 3 rings (SSSR count). The predicted octanol–water partition coefficient (Wildman–Crippen LogP) is 0.892. The molecule has 8 nitrogen and oxygen atoms in total. The molecule has 1 amide bonds. The van der Waals surface area contributed by atoms with E-state index in [2.05, 4.69) is 25.8 Å². The molecule has 0 aliphatic heterocycles. The number of nitrogen functional groups attached to an aromatic ring is 1. The summed E-state index contributed by atoms with van der Waals surface area (Å²) in [5, 5.41) is 13.6. The van der Waals surface area contributed by atoms with Crippen LogP contribution < -0.4 is 11.1 Å². The van der Waals surface area contributed by atoms with Gasteiger partial charge in [0.2, 0.25) is 0 Å². The molecule has 0 fully saturated rings. The van der Waals surface area contributed by atoms with Crippen LogP contribution in [0.5, 0.6) is 0 Å². The van der Waals surface area contributed by atoms with Crippen LogP contribution in [0.1, 0.15) is 10.5 Å². The van der Waals surface area contributed by atoms with Crippen LogP contribution in [-0.2, 0) is 0 Å². The highest BCUT2D eigenvalue weighted by Crippen LogP contribution is 2.13. The Bertz CT molecular complexity index is 735. The monoisotopic (exact) mass is 281 g/mol. The molecule has 3 aromatic rings. The quantitative estimate of drug-likeness (QED) is 0.737. The number of carbonyl (C=O) groups excluding carboxylic acids is 1. The third kappa shape index (κ3) is 2.84. The number of hydrogen-bond donors (Lipinski definition) is 2. The number of nitrogens with one attached hydrogen (secondary N) is 1. The highest BCUT2D eigenvalue weighted by Gasteiger charge is 2.07. The number of tetrazole rings is 1. The number of nitrogens with two attached hydrogens (primary N) is 1. The number of carbonyl (C=O) groups is 1. The third-order valence-corrected chi connectivity index (χ3v) is 2.76. The van der Waals surface area contributed by atoms with Gasteiger partial charge in [0.25, 0.3) is 5.91 Å². The number of pyridine rings is 1. The molecule has 0 radical (unpaired) electrons. The van der Waals surface area contributed by atoms with Crippen molar-refractivity contribution in [1.82, 2.24) is 25.2 Å². The van der Waals surface area contributed by atoms with Crippen molar-refractivity contribution in [2.75, 3.05) is 11.1 Å². The fourth-order valence-electron chi connectivity index (χ4n) is 1.71. The first-order valence-corrected chi connectivity index (χ1v) is 6.09. The second-order valence-corrected chi connectivity index (χ2v) is 4.23. The van der Waals surface area contributed by atoms with Gasteiger partial charge in [0.15, 0.2) is 0 Å². The van der Waals surface area contributed by atoms with Crippen LogP contribution in [-0.4, -0.2) is 31.1 Å². The smallest absolute Gasteiger partial charge is 0.274 e. The first-order valence-electron chi connectivity index (χ1n) is 6.09. The summed E-state index contributed by atoms with van der Waals surface area (Å²) < 4.78 is 1.52. The Morgan fingerprint density at radius 1 is 1.14 bits per heavy atom. The third-order valence-electron chi connectivity index (χ3n) is 2.76. The van der Waals surface area contributed by atoms with Gasteiger partial charge in [-0.3, -0.25) is 4.79 Å². The number of amides is 1. The van der Waals surface area contributed by atoms with Crippen LogP contribution >= 0.6 is 0 Å². The van der Waals surface area contributed by atoms with Gasteiger partial charge in [0.05, 0.1) is 17.6 Å². The van der Waals surface area contributed by atoms with E-state index in [0.717, 1.165) is 5.69 Å². The second kappa shape index (κ2) is 5.37. The van der Waals surface area contributed by atoms with Crippen molar-refractivity contribution in [3.05, 3.63) is 54.6 Å². The second-order valence-electron chi connectivity index (χ2n) is 4.23. The van der Waals surface area contributed by atoms with Crippen LogP contribution in [0.2, 0.25) is 0 Å². The summed E-state index contributed by atoms with van der Waals surface area (Å²) in [7, 11) is 0. The molecule has 0 bridgehead atoms. The maximum atomic E-state index is 12.0. The Labute approximate surface area is 119 Å². The lowest BCUT2D eigenvalue weighted by molar-refractivity contribution is 0.102. The molecule has 0 saturated carbocycles. The Hall–Kier alpha value is -3.29. The van der Waals surface area contributed by atoms with Crippen LogP contribution in [0, 0.1) is 0 Å². The maximum Gasteiger partial charge on any atom is 0.274 e. The van der Waals surface area contributed by atoms with Gasteiger partial charge in [0, 0.05) is 5.69 Å². The van der Waals surface area contributed by atoms with Gasteiger partial charge in [-0.2, -0.15) is 0 Å². The minimum Gasteiger partial charge on any atom is -0.397 e. The summed E-state index contributed by atoms with van der Waals surface area (Å²) in [6, 6.07) is 10.3. The van der Waals surface area contributed by atoms with Crippen LogP contribution in [0.3, 0.4) is 0 Å². The number of aromatic nitrogens is 5. The van der Waals surface area contributed by atoms with Gasteiger partial charge in [-0.05, 0) is 46.8 Å². The van der Waals surface area contributed by atoms with Crippen molar-refractivity contribution in [2.24, 2.45) is 0 Å². The molecular formula is C13H11N7O. The maximum absolute atomic E-state index is 12.0.